The van der Waals surface area contributed by atoms with Gasteiger partial charge in [-0.1, -0.05) is 24.8 Å². The number of hydrogen-bond acceptors (Lipinski definition) is 3. The molecule has 15 heavy (non-hydrogen) atoms. The summed E-state index contributed by atoms with van der Waals surface area (Å²) in [4.78, 5) is 11.2. The highest BCUT2D eigenvalue weighted by Gasteiger charge is 2.12. The highest BCUT2D eigenvalue weighted by molar-refractivity contribution is 5.94. The van der Waals surface area contributed by atoms with Crippen molar-refractivity contribution in [3.05, 3.63) is 36.4 Å². The van der Waals surface area contributed by atoms with Crippen LogP contribution in [-0.4, -0.2) is 28.8 Å². The van der Waals surface area contributed by atoms with Gasteiger partial charge in [0.1, 0.15) is 0 Å². The van der Waals surface area contributed by atoms with Gasteiger partial charge in [-0.25, -0.2) is 0 Å². The van der Waals surface area contributed by atoms with E-state index in [-0.39, 0.29) is 0 Å². The van der Waals surface area contributed by atoms with Crippen LogP contribution in [0.15, 0.2) is 30.8 Å². The van der Waals surface area contributed by atoms with E-state index in [0.29, 0.717) is 5.69 Å². The van der Waals surface area contributed by atoms with Gasteiger partial charge in [-0.2, -0.15) is 0 Å². The maximum Gasteiger partial charge on any atom is 0.255 e. The Bertz CT molecular complexity index is 345. The summed E-state index contributed by atoms with van der Waals surface area (Å²) in [5, 5.41) is 20.0. The molecule has 3 N–H and O–H groups in total. The smallest absolute Gasteiger partial charge is 0.255 e. The van der Waals surface area contributed by atoms with Crippen molar-refractivity contribution in [3.8, 4) is 0 Å². The number of amides is 1. The number of aliphatic hydroxyl groups excluding tert-OH is 2. The quantitative estimate of drug-likeness (QED) is 0.678. The number of hydrogen-bond donors (Lipinski definition) is 3. The molecular weight excluding hydrogens is 194 g/mol. The number of nitrogens with one attached hydrogen (secondary N) is 1. The Morgan fingerprint density at radius 3 is 2.53 bits per heavy atom. The Balaban J connectivity index is 2.65. The summed E-state index contributed by atoms with van der Waals surface area (Å²) in [5.41, 5.74) is 1.51. The number of rotatable bonds is 4. The van der Waals surface area contributed by atoms with E-state index in [1.165, 1.54) is 0 Å². The minimum absolute atomic E-state index is 0.568. The third-order valence-electron chi connectivity index (χ3n) is 1.89. The molecule has 1 aromatic carbocycles. The van der Waals surface area contributed by atoms with Gasteiger partial charge < -0.3 is 15.5 Å². The van der Waals surface area contributed by atoms with Gasteiger partial charge in [0.05, 0.1) is 6.61 Å². The number of benzene rings is 1. The molecule has 0 aliphatic heterocycles. The summed E-state index contributed by atoms with van der Waals surface area (Å²) in [6, 6.07) is 6.96. The standard InChI is InChI=1S/C11H13NO3/c1-2-8-3-5-9(6-4-8)12-11(15)10(14)7-13/h2-6,10,13-14H,1,7H2,(H,12,15)/t10-/m1/s1. The molecule has 4 nitrogen and oxygen atoms in total. The predicted octanol–water partition coefficient (Wildman–Crippen LogP) is 0.621. The zero-order chi connectivity index (χ0) is 11.3. The topological polar surface area (TPSA) is 69.6 Å². The summed E-state index contributed by atoms with van der Waals surface area (Å²) < 4.78 is 0. The molecule has 0 saturated heterocycles. The summed E-state index contributed by atoms with van der Waals surface area (Å²) in [6.45, 7) is 3.02. The largest absolute Gasteiger partial charge is 0.393 e. The van der Waals surface area contributed by atoms with Crippen LogP contribution in [0.5, 0.6) is 0 Å². The van der Waals surface area contributed by atoms with Crippen molar-refractivity contribution in [2.24, 2.45) is 0 Å². The summed E-state index contributed by atoms with van der Waals surface area (Å²) in [7, 11) is 0. The van der Waals surface area contributed by atoms with Crippen LogP contribution in [0.25, 0.3) is 6.08 Å². The fraction of sp³-hybridized carbons (Fsp3) is 0.182. The molecule has 0 heterocycles. The third kappa shape index (κ3) is 3.19. The predicted molar refractivity (Wildman–Crippen MR) is 58.3 cm³/mol. The molecule has 80 valence electrons. The van der Waals surface area contributed by atoms with Gasteiger partial charge in [-0.15, -0.1) is 0 Å². The lowest BCUT2D eigenvalue weighted by Crippen LogP contribution is -2.30. The molecule has 1 atom stereocenters. The fourth-order valence-electron chi connectivity index (χ4n) is 1.01. The van der Waals surface area contributed by atoms with Gasteiger partial charge >= 0.3 is 0 Å². The maximum absolute atomic E-state index is 11.2. The van der Waals surface area contributed by atoms with Crippen LogP contribution in [0.2, 0.25) is 0 Å². The van der Waals surface area contributed by atoms with Crippen LogP contribution in [0.3, 0.4) is 0 Å². The van der Waals surface area contributed by atoms with E-state index >= 15 is 0 Å². The van der Waals surface area contributed by atoms with E-state index in [1.807, 2.05) is 0 Å². The fourth-order valence-corrected chi connectivity index (χ4v) is 1.01. The lowest BCUT2D eigenvalue weighted by molar-refractivity contribution is -0.125. The molecule has 0 aliphatic rings. The Hall–Kier alpha value is -1.65. The minimum atomic E-state index is -1.39. The molecule has 0 spiro atoms. The number of anilines is 1. The van der Waals surface area contributed by atoms with Crippen LogP contribution in [-0.2, 0) is 4.79 Å². The molecule has 0 bridgehead atoms. The van der Waals surface area contributed by atoms with Crippen molar-refractivity contribution in [1.29, 1.82) is 0 Å². The molecule has 0 saturated carbocycles. The molecule has 1 rings (SSSR count). The van der Waals surface area contributed by atoms with Crippen molar-refractivity contribution in [2.45, 2.75) is 6.10 Å². The van der Waals surface area contributed by atoms with Gasteiger partial charge in [0.25, 0.3) is 5.91 Å². The summed E-state index contributed by atoms with van der Waals surface area (Å²) in [5.74, 6) is -0.621. The molecule has 0 aromatic heterocycles. The number of aliphatic hydroxyl groups is 2. The Morgan fingerprint density at radius 1 is 1.47 bits per heavy atom. The Morgan fingerprint density at radius 2 is 2.07 bits per heavy atom. The van der Waals surface area contributed by atoms with Crippen LogP contribution in [0, 0.1) is 0 Å². The van der Waals surface area contributed by atoms with E-state index < -0.39 is 18.6 Å². The highest BCUT2D eigenvalue weighted by atomic mass is 16.3. The van der Waals surface area contributed by atoms with Crippen molar-refractivity contribution < 1.29 is 15.0 Å². The van der Waals surface area contributed by atoms with Gasteiger partial charge in [-0.05, 0) is 17.7 Å². The first-order valence-electron chi connectivity index (χ1n) is 4.49. The van der Waals surface area contributed by atoms with E-state index in [2.05, 4.69) is 11.9 Å². The first-order chi connectivity index (χ1) is 7.17. The second kappa shape index (κ2) is 5.29. The Labute approximate surface area is 87.9 Å². The normalized spacial score (nSPS) is 11.9. The zero-order valence-corrected chi connectivity index (χ0v) is 8.18. The third-order valence-corrected chi connectivity index (χ3v) is 1.89. The van der Waals surface area contributed by atoms with E-state index in [1.54, 1.807) is 30.3 Å². The zero-order valence-electron chi connectivity index (χ0n) is 8.18. The van der Waals surface area contributed by atoms with Crippen LogP contribution in [0.1, 0.15) is 5.56 Å². The van der Waals surface area contributed by atoms with E-state index in [9.17, 15) is 4.79 Å². The molecular formula is C11H13NO3. The monoisotopic (exact) mass is 207 g/mol. The van der Waals surface area contributed by atoms with Gasteiger partial charge in [0.15, 0.2) is 6.10 Å². The second-order valence-electron chi connectivity index (χ2n) is 3.01. The molecule has 1 aromatic rings. The second-order valence-corrected chi connectivity index (χ2v) is 3.01. The number of carbonyl (C=O) groups is 1. The average molecular weight is 207 g/mol. The average Bonchev–Trinajstić information content (AvgIpc) is 2.29. The van der Waals surface area contributed by atoms with Crippen molar-refractivity contribution in [3.63, 3.8) is 0 Å². The van der Waals surface area contributed by atoms with Crippen LogP contribution in [0.4, 0.5) is 5.69 Å². The first kappa shape index (κ1) is 11.4. The molecule has 0 fully saturated rings. The number of carbonyl (C=O) groups excluding carboxylic acids is 1. The van der Waals surface area contributed by atoms with Crippen molar-refractivity contribution in [1.82, 2.24) is 0 Å². The van der Waals surface area contributed by atoms with Gasteiger partial charge in [0.2, 0.25) is 0 Å². The van der Waals surface area contributed by atoms with Crippen molar-refractivity contribution in [2.75, 3.05) is 11.9 Å². The molecule has 0 unspecified atom stereocenters. The van der Waals surface area contributed by atoms with Crippen LogP contribution >= 0.6 is 0 Å². The van der Waals surface area contributed by atoms with Gasteiger partial charge in [0, 0.05) is 5.69 Å². The minimum Gasteiger partial charge on any atom is -0.393 e. The SMILES string of the molecule is C=Cc1ccc(NC(=O)[C@H](O)CO)cc1. The van der Waals surface area contributed by atoms with Crippen LogP contribution < -0.4 is 5.32 Å². The molecule has 0 aliphatic carbocycles. The summed E-state index contributed by atoms with van der Waals surface area (Å²) in [6.07, 6.45) is 0.304. The lowest BCUT2D eigenvalue weighted by Gasteiger charge is -2.08. The lowest BCUT2D eigenvalue weighted by atomic mass is 10.2. The molecule has 1 amide bonds. The Kier molecular flexibility index (Phi) is 4.03. The highest BCUT2D eigenvalue weighted by Crippen LogP contribution is 2.10. The van der Waals surface area contributed by atoms with Gasteiger partial charge in [-0.3, -0.25) is 4.79 Å². The molecule has 0 radical (unpaired) electrons. The van der Waals surface area contributed by atoms with E-state index in [0.717, 1.165) is 5.56 Å². The summed E-state index contributed by atoms with van der Waals surface area (Å²) >= 11 is 0. The maximum atomic E-state index is 11.2. The van der Waals surface area contributed by atoms with E-state index in [4.69, 9.17) is 10.2 Å². The molecule has 4 heteroatoms. The van der Waals surface area contributed by atoms with Crippen molar-refractivity contribution >= 4 is 17.7 Å². The first-order valence-corrected chi connectivity index (χ1v) is 4.49.